The number of carbonyl (C=O) groups is 1. The number of thioether (sulfide) groups is 1. The molecule has 0 amide bonds. The Balaban J connectivity index is 2.90. The number of hydrogen-bond donors (Lipinski definition) is 0. The molecule has 1 aromatic carbocycles. The summed E-state index contributed by atoms with van der Waals surface area (Å²) in [5.74, 6) is 1.34. The molecule has 0 heterocycles. The van der Waals surface area contributed by atoms with Gasteiger partial charge in [-0.2, -0.15) is 11.8 Å². The largest absolute Gasteiger partial charge is 0.497 e. The van der Waals surface area contributed by atoms with E-state index in [2.05, 4.69) is 32.0 Å². The molecule has 0 N–H and O–H groups in total. The van der Waals surface area contributed by atoms with Crippen molar-refractivity contribution in [3.05, 3.63) is 47.7 Å². The fraction of sp³-hybridized carbons (Fsp3) is 0.412. The van der Waals surface area contributed by atoms with Crippen LogP contribution in [0.3, 0.4) is 0 Å². The smallest absolute Gasteiger partial charge is 0.342 e. The van der Waals surface area contributed by atoms with Crippen LogP contribution < -0.4 is 4.74 Å². The van der Waals surface area contributed by atoms with Crippen molar-refractivity contribution in [3.63, 3.8) is 0 Å². The van der Waals surface area contributed by atoms with Gasteiger partial charge in [-0.05, 0) is 17.7 Å². The van der Waals surface area contributed by atoms with Gasteiger partial charge in [-0.3, -0.25) is 0 Å². The van der Waals surface area contributed by atoms with E-state index in [1.807, 2.05) is 24.3 Å². The molecule has 120 valence electrons. The first kappa shape index (κ1) is 18.6. The van der Waals surface area contributed by atoms with Crippen LogP contribution in [0.1, 0.15) is 5.56 Å². The second-order valence-electron chi connectivity index (χ2n) is 5.99. The maximum atomic E-state index is 12.0. The molecule has 0 aliphatic carbocycles. The molecule has 0 aliphatic heterocycles. The highest BCUT2D eigenvalue weighted by molar-refractivity contribution is 8.01. The molecule has 0 bridgehead atoms. The fourth-order valence-corrected chi connectivity index (χ4v) is 6.28. The lowest BCUT2D eigenvalue weighted by Gasteiger charge is -2.28. The van der Waals surface area contributed by atoms with E-state index < -0.39 is 8.07 Å². The van der Waals surface area contributed by atoms with E-state index in [-0.39, 0.29) is 10.8 Å². The Kier molecular flexibility index (Phi) is 7.00. The van der Waals surface area contributed by atoms with Gasteiger partial charge in [0.05, 0.1) is 27.9 Å². The third-order valence-electron chi connectivity index (χ3n) is 3.22. The third kappa shape index (κ3) is 5.09. The van der Waals surface area contributed by atoms with Gasteiger partial charge in [0.1, 0.15) is 5.75 Å². The molecule has 5 heteroatoms. The van der Waals surface area contributed by atoms with Crippen molar-refractivity contribution < 1.29 is 14.3 Å². The van der Waals surface area contributed by atoms with Gasteiger partial charge < -0.3 is 9.47 Å². The van der Waals surface area contributed by atoms with Gasteiger partial charge in [-0.15, -0.1) is 5.73 Å². The zero-order valence-electron chi connectivity index (χ0n) is 13.9. The summed E-state index contributed by atoms with van der Waals surface area (Å²) >= 11 is 1.75. The molecule has 1 atom stereocenters. The highest BCUT2D eigenvalue weighted by atomic mass is 32.2. The van der Waals surface area contributed by atoms with Gasteiger partial charge in [0, 0.05) is 10.6 Å². The summed E-state index contributed by atoms with van der Waals surface area (Å²) in [4.78, 5) is 12.1. The molecule has 1 aromatic rings. The Hall–Kier alpha value is -1.42. The summed E-state index contributed by atoms with van der Waals surface area (Å²) in [7, 11) is 1.43. The SMILES string of the molecule is C=C=C(C(=O)OC)C(SCc1ccc(OC)cc1)[Si](C)(C)C. The lowest BCUT2D eigenvalue weighted by atomic mass is 10.2. The molecular formula is C17H24O3SSi. The van der Waals surface area contributed by atoms with Crippen LogP contribution in [0.2, 0.25) is 19.6 Å². The first-order valence-electron chi connectivity index (χ1n) is 7.06. The van der Waals surface area contributed by atoms with Gasteiger partial charge in [0.15, 0.2) is 0 Å². The van der Waals surface area contributed by atoms with Crippen LogP contribution >= 0.6 is 11.8 Å². The number of carbonyl (C=O) groups excluding carboxylic acids is 1. The molecule has 3 nitrogen and oxygen atoms in total. The molecule has 0 spiro atoms. The predicted molar refractivity (Wildman–Crippen MR) is 96.1 cm³/mol. The van der Waals surface area contributed by atoms with Gasteiger partial charge in [0.25, 0.3) is 0 Å². The highest BCUT2D eigenvalue weighted by Gasteiger charge is 2.34. The van der Waals surface area contributed by atoms with E-state index >= 15 is 0 Å². The topological polar surface area (TPSA) is 35.5 Å². The molecule has 0 saturated heterocycles. The molecule has 1 unspecified atom stereocenters. The summed E-state index contributed by atoms with van der Waals surface area (Å²) < 4.78 is 10.0. The van der Waals surface area contributed by atoms with E-state index in [1.54, 1.807) is 18.9 Å². The molecule has 0 aromatic heterocycles. The van der Waals surface area contributed by atoms with E-state index in [0.717, 1.165) is 11.5 Å². The maximum Gasteiger partial charge on any atom is 0.342 e. The standard InChI is InChI=1S/C17H24O3SSi/c1-7-15(16(18)20-3)17(22(4,5)6)21-12-13-8-10-14(19-2)11-9-13/h8-11,17H,1,12H2,2-6H3. The quantitative estimate of drug-likeness (QED) is 0.326. The first-order valence-corrected chi connectivity index (χ1v) is 11.7. The van der Waals surface area contributed by atoms with E-state index in [9.17, 15) is 4.79 Å². The Labute approximate surface area is 138 Å². The summed E-state index contributed by atoms with van der Waals surface area (Å²) in [6.07, 6.45) is 0. The van der Waals surface area contributed by atoms with Crippen molar-refractivity contribution in [3.8, 4) is 5.75 Å². The van der Waals surface area contributed by atoms with Gasteiger partial charge in [-0.25, -0.2) is 4.79 Å². The molecular weight excluding hydrogens is 312 g/mol. The molecule has 0 aliphatic rings. The monoisotopic (exact) mass is 336 g/mol. The van der Waals surface area contributed by atoms with E-state index in [4.69, 9.17) is 9.47 Å². The zero-order valence-corrected chi connectivity index (χ0v) is 15.8. The number of benzene rings is 1. The molecule has 0 fully saturated rings. The lowest BCUT2D eigenvalue weighted by Crippen LogP contribution is -2.39. The van der Waals surface area contributed by atoms with E-state index in [1.165, 1.54) is 12.7 Å². The van der Waals surface area contributed by atoms with Crippen LogP contribution in [0.15, 0.2) is 42.1 Å². The Bertz CT molecular complexity index is 554. The fourth-order valence-electron chi connectivity index (χ4n) is 2.05. The minimum Gasteiger partial charge on any atom is -0.497 e. The summed E-state index contributed by atoms with van der Waals surface area (Å²) in [5.41, 5.74) is 4.55. The summed E-state index contributed by atoms with van der Waals surface area (Å²) in [5, 5.41) is 0. The normalized spacial score (nSPS) is 12.2. The minimum atomic E-state index is -1.62. The van der Waals surface area contributed by atoms with Gasteiger partial charge in [0.2, 0.25) is 0 Å². The van der Waals surface area contributed by atoms with Crippen LogP contribution in [0, 0.1) is 0 Å². The summed E-state index contributed by atoms with van der Waals surface area (Å²) in [6, 6.07) is 7.99. The van der Waals surface area contributed by atoms with Crippen molar-refractivity contribution in [1.82, 2.24) is 0 Å². The number of ether oxygens (including phenoxy) is 2. The van der Waals surface area contributed by atoms with Crippen LogP contribution in [0.4, 0.5) is 0 Å². The summed E-state index contributed by atoms with van der Waals surface area (Å²) in [6.45, 7) is 10.4. The van der Waals surface area contributed by atoms with E-state index in [0.29, 0.717) is 5.57 Å². The van der Waals surface area contributed by atoms with Crippen molar-refractivity contribution in [2.24, 2.45) is 0 Å². The van der Waals surface area contributed by atoms with Crippen molar-refractivity contribution >= 4 is 25.8 Å². The lowest BCUT2D eigenvalue weighted by molar-refractivity contribution is -0.136. The second kappa shape index (κ2) is 8.27. The van der Waals surface area contributed by atoms with Crippen LogP contribution in [0.5, 0.6) is 5.75 Å². The van der Waals surface area contributed by atoms with Crippen LogP contribution in [-0.4, -0.2) is 33.1 Å². The van der Waals surface area contributed by atoms with Gasteiger partial charge >= 0.3 is 5.97 Å². The average molecular weight is 337 g/mol. The van der Waals surface area contributed by atoms with Crippen molar-refractivity contribution in [1.29, 1.82) is 0 Å². The second-order valence-corrected chi connectivity index (χ2v) is 12.8. The number of methoxy groups -OCH3 is 2. The molecule has 0 radical (unpaired) electrons. The number of esters is 1. The molecule has 22 heavy (non-hydrogen) atoms. The maximum absolute atomic E-state index is 12.0. The van der Waals surface area contributed by atoms with Crippen molar-refractivity contribution in [2.75, 3.05) is 14.2 Å². The molecule has 1 rings (SSSR count). The van der Waals surface area contributed by atoms with Gasteiger partial charge in [-0.1, -0.05) is 38.4 Å². The Morgan fingerprint density at radius 3 is 2.27 bits per heavy atom. The Morgan fingerprint density at radius 2 is 1.86 bits per heavy atom. The molecule has 0 saturated carbocycles. The van der Waals surface area contributed by atoms with Crippen LogP contribution in [0.25, 0.3) is 0 Å². The third-order valence-corrected chi connectivity index (χ3v) is 8.77. The number of hydrogen-bond acceptors (Lipinski definition) is 4. The minimum absolute atomic E-state index is 0.0968. The van der Waals surface area contributed by atoms with Crippen molar-refractivity contribution in [2.45, 2.75) is 30.3 Å². The highest BCUT2D eigenvalue weighted by Crippen LogP contribution is 2.32. The average Bonchev–Trinajstić information content (AvgIpc) is 2.50. The van der Waals surface area contributed by atoms with Crippen LogP contribution in [-0.2, 0) is 15.3 Å². The predicted octanol–water partition coefficient (Wildman–Crippen LogP) is 4.06. The zero-order chi connectivity index (χ0) is 16.8. The Morgan fingerprint density at radius 1 is 1.27 bits per heavy atom. The number of rotatable bonds is 7. The first-order chi connectivity index (χ1) is 10.3.